The average molecular weight is 281 g/mol. The van der Waals surface area contributed by atoms with Gasteiger partial charge in [-0.05, 0) is 25.0 Å². The number of nitrogens with one attached hydrogen (secondary N) is 2. The first-order valence-electron chi connectivity index (χ1n) is 6.26. The van der Waals surface area contributed by atoms with E-state index in [0.29, 0.717) is 18.8 Å². The average Bonchev–Trinajstić information content (AvgIpc) is 2.43. The van der Waals surface area contributed by atoms with E-state index in [-0.39, 0.29) is 18.5 Å². The van der Waals surface area contributed by atoms with Gasteiger partial charge in [0.1, 0.15) is 0 Å². The number of ether oxygens (including phenoxy) is 1. The lowest BCUT2D eigenvalue weighted by Gasteiger charge is -2.13. The van der Waals surface area contributed by atoms with Gasteiger partial charge in [-0.3, -0.25) is 4.79 Å². The second kappa shape index (κ2) is 7.98. The Morgan fingerprint density at radius 3 is 2.90 bits per heavy atom. The number of carbonyl (C=O) groups excluding carboxylic acids is 1. The molecule has 7 heteroatoms. The lowest BCUT2D eigenvalue weighted by atomic mass is 10.2. The van der Waals surface area contributed by atoms with Crippen molar-refractivity contribution in [3.63, 3.8) is 0 Å². The zero-order valence-corrected chi connectivity index (χ0v) is 11.5. The molecule has 1 aromatic rings. The molecule has 0 bridgehead atoms. The minimum absolute atomic E-state index is 0.0308. The number of aliphatic carboxylic acids is 1. The topological polar surface area (TPSA) is 101 Å². The van der Waals surface area contributed by atoms with Gasteiger partial charge in [-0.2, -0.15) is 0 Å². The van der Waals surface area contributed by atoms with Gasteiger partial charge in [0.2, 0.25) is 5.88 Å². The van der Waals surface area contributed by atoms with Crippen LogP contribution in [0.4, 0.5) is 4.79 Å². The molecule has 0 saturated heterocycles. The number of urea groups is 1. The molecule has 2 amide bonds. The van der Waals surface area contributed by atoms with Crippen molar-refractivity contribution in [1.82, 2.24) is 15.6 Å². The molecule has 3 N–H and O–H groups in total. The lowest BCUT2D eigenvalue weighted by molar-refractivity contribution is -0.137. The number of hydrogen-bond donors (Lipinski definition) is 3. The first-order chi connectivity index (χ1) is 9.51. The molecular weight excluding hydrogens is 262 g/mol. The number of carbonyl (C=O) groups is 2. The van der Waals surface area contributed by atoms with Crippen molar-refractivity contribution in [2.75, 3.05) is 7.11 Å². The van der Waals surface area contributed by atoms with E-state index in [1.807, 2.05) is 0 Å². The van der Waals surface area contributed by atoms with Crippen LogP contribution in [0.2, 0.25) is 0 Å². The predicted molar refractivity (Wildman–Crippen MR) is 72.5 cm³/mol. The highest BCUT2D eigenvalue weighted by Crippen LogP contribution is 2.07. The summed E-state index contributed by atoms with van der Waals surface area (Å²) in [5.41, 5.74) is 0.866. The van der Waals surface area contributed by atoms with Crippen LogP contribution in [-0.2, 0) is 11.3 Å². The van der Waals surface area contributed by atoms with Crippen LogP contribution in [-0.4, -0.2) is 35.2 Å². The molecule has 20 heavy (non-hydrogen) atoms. The number of rotatable bonds is 7. The Labute approximate surface area is 117 Å². The molecular formula is C13H19N3O4. The van der Waals surface area contributed by atoms with Crippen molar-refractivity contribution in [3.05, 3.63) is 23.9 Å². The van der Waals surface area contributed by atoms with Gasteiger partial charge in [0.05, 0.1) is 7.11 Å². The number of hydrogen-bond acceptors (Lipinski definition) is 4. The van der Waals surface area contributed by atoms with Crippen molar-refractivity contribution in [3.8, 4) is 5.88 Å². The van der Waals surface area contributed by atoms with Crippen LogP contribution < -0.4 is 15.4 Å². The Balaban J connectivity index is 2.33. The second-order valence-electron chi connectivity index (χ2n) is 4.37. The van der Waals surface area contributed by atoms with Crippen molar-refractivity contribution in [2.24, 2.45) is 0 Å². The van der Waals surface area contributed by atoms with Crippen LogP contribution in [0.3, 0.4) is 0 Å². The number of pyridine rings is 1. The molecule has 0 fully saturated rings. The number of carboxylic acids is 1. The van der Waals surface area contributed by atoms with E-state index in [2.05, 4.69) is 15.6 Å². The maximum atomic E-state index is 11.6. The molecule has 110 valence electrons. The summed E-state index contributed by atoms with van der Waals surface area (Å²) in [5.74, 6) is -0.387. The maximum absolute atomic E-state index is 11.6. The summed E-state index contributed by atoms with van der Waals surface area (Å²) in [6.07, 6.45) is 2.03. The summed E-state index contributed by atoms with van der Waals surface area (Å²) in [4.78, 5) is 26.0. The highest BCUT2D eigenvalue weighted by atomic mass is 16.5. The number of carboxylic acid groups (broad SMARTS) is 1. The van der Waals surface area contributed by atoms with Crippen LogP contribution >= 0.6 is 0 Å². The van der Waals surface area contributed by atoms with E-state index in [9.17, 15) is 9.59 Å². The third-order valence-corrected chi connectivity index (χ3v) is 2.63. The number of nitrogens with zero attached hydrogens (tertiary/aromatic N) is 1. The molecule has 0 aliphatic heterocycles. The Hall–Kier alpha value is -2.31. The van der Waals surface area contributed by atoms with E-state index in [0.717, 1.165) is 5.56 Å². The third kappa shape index (κ3) is 6.03. The van der Waals surface area contributed by atoms with Gasteiger partial charge in [0, 0.05) is 31.3 Å². The van der Waals surface area contributed by atoms with Crippen LogP contribution in [0.15, 0.2) is 18.3 Å². The largest absolute Gasteiger partial charge is 0.481 e. The van der Waals surface area contributed by atoms with Crippen LogP contribution in [0.25, 0.3) is 0 Å². The van der Waals surface area contributed by atoms with E-state index >= 15 is 0 Å². The van der Waals surface area contributed by atoms with E-state index in [1.165, 1.54) is 7.11 Å². The van der Waals surface area contributed by atoms with E-state index in [4.69, 9.17) is 9.84 Å². The SMILES string of the molecule is COc1cc(CNC(=O)NC(C)CCC(=O)O)ccn1. The fraction of sp³-hybridized carbons (Fsp3) is 0.462. The summed E-state index contributed by atoms with van der Waals surface area (Å²) >= 11 is 0. The second-order valence-corrected chi connectivity index (χ2v) is 4.37. The molecule has 1 aromatic heterocycles. The van der Waals surface area contributed by atoms with Gasteiger partial charge in [0.15, 0.2) is 0 Å². The van der Waals surface area contributed by atoms with Crippen molar-refractivity contribution < 1.29 is 19.4 Å². The number of aromatic nitrogens is 1. The van der Waals surface area contributed by atoms with E-state index < -0.39 is 5.97 Å². The first-order valence-corrected chi connectivity index (χ1v) is 6.26. The highest BCUT2D eigenvalue weighted by Gasteiger charge is 2.08. The van der Waals surface area contributed by atoms with Crippen LogP contribution in [0.1, 0.15) is 25.3 Å². The standard InChI is InChI=1S/C13H19N3O4/c1-9(3-4-12(17)18)16-13(19)15-8-10-5-6-14-11(7-10)20-2/h5-7,9H,3-4,8H2,1-2H3,(H,17,18)(H2,15,16,19). The van der Waals surface area contributed by atoms with Crippen LogP contribution in [0, 0.1) is 0 Å². The van der Waals surface area contributed by atoms with E-state index in [1.54, 1.807) is 25.3 Å². The molecule has 0 spiro atoms. The van der Waals surface area contributed by atoms with Crippen LogP contribution in [0.5, 0.6) is 5.88 Å². The Morgan fingerprint density at radius 1 is 1.50 bits per heavy atom. The summed E-state index contributed by atoms with van der Waals surface area (Å²) < 4.78 is 4.99. The first kappa shape index (κ1) is 15.7. The Morgan fingerprint density at radius 2 is 2.25 bits per heavy atom. The van der Waals surface area contributed by atoms with Gasteiger partial charge in [-0.25, -0.2) is 9.78 Å². The summed E-state index contributed by atoms with van der Waals surface area (Å²) in [5, 5.41) is 13.9. The number of methoxy groups -OCH3 is 1. The lowest BCUT2D eigenvalue weighted by Crippen LogP contribution is -2.40. The Bertz CT molecular complexity index is 465. The highest BCUT2D eigenvalue weighted by molar-refractivity contribution is 5.74. The van der Waals surface area contributed by atoms with Gasteiger partial charge >= 0.3 is 12.0 Å². The van der Waals surface area contributed by atoms with Gasteiger partial charge in [-0.1, -0.05) is 0 Å². The maximum Gasteiger partial charge on any atom is 0.315 e. The molecule has 7 nitrogen and oxygen atoms in total. The molecule has 0 aliphatic rings. The normalized spacial score (nSPS) is 11.5. The molecule has 0 radical (unpaired) electrons. The van der Waals surface area contributed by atoms with Gasteiger partial charge < -0.3 is 20.5 Å². The van der Waals surface area contributed by atoms with Crippen molar-refractivity contribution >= 4 is 12.0 Å². The molecule has 1 heterocycles. The number of amides is 2. The monoisotopic (exact) mass is 281 g/mol. The zero-order chi connectivity index (χ0) is 15.0. The quantitative estimate of drug-likeness (QED) is 0.696. The summed E-state index contributed by atoms with van der Waals surface area (Å²) in [7, 11) is 1.52. The molecule has 1 rings (SSSR count). The van der Waals surface area contributed by atoms with Gasteiger partial charge in [0.25, 0.3) is 0 Å². The minimum atomic E-state index is -0.872. The summed E-state index contributed by atoms with van der Waals surface area (Å²) in [6.45, 7) is 2.11. The minimum Gasteiger partial charge on any atom is -0.481 e. The fourth-order valence-corrected chi connectivity index (χ4v) is 1.54. The predicted octanol–water partition coefficient (Wildman–Crippen LogP) is 1.14. The fourth-order valence-electron chi connectivity index (χ4n) is 1.54. The third-order valence-electron chi connectivity index (χ3n) is 2.63. The van der Waals surface area contributed by atoms with Crippen molar-refractivity contribution in [1.29, 1.82) is 0 Å². The van der Waals surface area contributed by atoms with Crippen molar-refractivity contribution in [2.45, 2.75) is 32.4 Å². The molecule has 0 aliphatic carbocycles. The Kier molecular flexibility index (Phi) is 6.28. The van der Waals surface area contributed by atoms with Gasteiger partial charge in [-0.15, -0.1) is 0 Å². The molecule has 1 unspecified atom stereocenters. The molecule has 1 atom stereocenters. The molecule has 0 saturated carbocycles. The molecule has 0 aromatic carbocycles. The smallest absolute Gasteiger partial charge is 0.315 e. The zero-order valence-electron chi connectivity index (χ0n) is 11.5. The summed E-state index contributed by atoms with van der Waals surface area (Å²) in [6, 6.07) is 2.97.